The molecular weight excluding hydrogens is 246 g/mol. The highest BCUT2D eigenvalue weighted by Gasteiger charge is 2.13. The van der Waals surface area contributed by atoms with Gasteiger partial charge in [0.25, 0.3) is 0 Å². The van der Waals surface area contributed by atoms with Gasteiger partial charge in [0.05, 0.1) is 12.8 Å². The monoisotopic (exact) mass is 261 g/mol. The highest BCUT2D eigenvalue weighted by molar-refractivity contribution is 5.69. The normalized spacial score (nSPS) is 10.4. The summed E-state index contributed by atoms with van der Waals surface area (Å²) in [4.78, 5) is 14.9. The molecule has 1 aromatic heterocycles. The molecule has 0 unspecified atom stereocenters. The number of carboxylic acid groups (broad SMARTS) is 1. The number of hydrogen-bond donors (Lipinski definition) is 1. The number of oxazole rings is 1. The van der Waals surface area contributed by atoms with Gasteiger partial charge in [-0.05, 0) is 24.6 Å². The molecule has 19 heavy (non-hydrogen) atoms. The standard InChI is InChI=1S/C14H15NO4/c1-9-12(8-14(16)17)19-13(15-9)7-10-3-5-11(18-2)6-4-10/h3-6H,7-8H2,1-2H3,(H,16,17). The lowest BCUT2D eigenvalue weighted by Crippen LogP contribution is -1.99. The van der Waals surface area contributed by atoms with Crippen LogP contribution in [0.3, 0.4) is 0 Å². The van der Waals surface area contributed by atoms with E-state index in [2.05, 4.69) is 4.98 Å². The van der Waals surface area contributed by atoms with E-state index in [9.17, 15) is 4.79 Å². The summed E-state index contributed by atoms with van der Waals surface area (Å²) in [7, 11) is 1.62. The first-order chi connectivity index (χ1) is 9.08. The SMILES string of the molecule is COc1ccc(Cc2nc(C)c(CC(=O)O)o2)cc1. The fourth-order valence-corrected chi connectivity index (χ4v) is 1.78. The fourth-order valence-electron chi connectivity index (χ4n) is 1.78. The van der Waals surface area contributed by atoms with E-state index in [0.29, 0.717) is 23.8 Å². The average molecular weight is 261 g/mol. The molecular formula is C14H15NO4. The van der Waals surface area contributed by atoms with Gasteiger partial charge in [-0.15, -0.1) is 0 Å². The Labute approximate surface area is 110 Å². The molecule has 0 aliphatic carbocycles. The fraction of sp³-hybridized carbons (Fsp3) is 0.286. The number of carbonyl (C=O) groups is 1. The predicted octanol–water partition coefficient (Wildman–Crippen LogP) is 2.21. The van der Waals surface area contributed by atoms with Gasteiger partial charge in [-0.2, -0.15) is 0 Å². The molecule has 2 aromatic rings. The van der Waals surface area contributed by atoms with Crippen molar-refractivity contribution < 1.29 is 19.1 Å². The summed E-state index contributed by atoms with van der Waals surface area (Å²) in [5.41, 5.74) is 1.66. The zero-order chi connectivity index (χ0) is 13.8. The molecule has 0 aliphatic heterocycles. The van der Waals surface area contributed by atoms with Gasteiger partial charge in [0.2, 0.25) is 0 Å². The van der Waals surface area contributed by atoms with Gasteiger partial charge in [0.15, 0.2) is 5.89 Å². The molecule has 1 N–H and O–H groups in total. The summed E-state index contributed by atoms with van der Waals surface area (Å²) in [6.07, 6.45) is 0.395. The number of aliphatic carboxylic acids is 1. The third-order valence-corrected chi connectivity index (χ3v) is 2.76. The van der Waals surface area contributed by atoms with Crippen LogP contribution in [0.2, 0.25) is 0 Å². The zero-order valence-corrected chi connectivity index (χ0v) is 10.8. The second-order valence-electron chi connectivity index (χ2n) is 4.21. The number of benzene rings is 1. The van der Waals surface area contributed by atoms with Crippen molar-refractivity contribution in [1.29, 1.82) is 0 Å². The van der Waals surface area contributed by atoms with Crippen LogP contribution >= 0.6 is 0 Å². The number of aromatic nitrogens is 1. The largest absolute Gasteiger partial charge is 0.497 e. The summed E-state index contributed by atoms with van der Waals surface area (Å²) in [5, 5.41) is 8.75. The Morgan fingerprint density at radius 2 is 2.05 bits per heavy atom. The van der Waals surface area contributed by atoms with Crippen LogP contribution in [-0.2, 0) is 17.6 Å². The lowest BCUT2D eigenvalue weighted by atomic mass is 10.1. The van der Waals surface area contributed by atoms with Crippen LogP contribution in [0.15, 0.2) is 28.7 Å². The molecule has 0 amide bonds. The second-order valence-corrected chi connectivity index (χ2v) is 4.21. The van der Waals surface area contributed by atoms with E-state index in [1.54, 1.807) is 14.0 Å². The Morgan fingerprint density at radius 3 is 2.63 bits per heavy atom. The Hall–Kier alpha value is -2.30. The molecule has 0 spiro atoms. The molecule has 1 heterocycles. The molecule has 0 saturated carbocycles. The van der Waals surface area contributed by atoms with E-state index >= 15 is 0 Å². The minimum absolute atomic E-state index is 0.137. The van der Waals surface area contributed by atoms with Crippen molar-refractivity contribution in [2.24, 2.45) is 0 Å². The van der Waals surface area contributed by atoms with E-state index < -0.39 is 5.97 Å². The van der Waals surface area contributed by atoms with E-state index in [1.165, 1.54) is 0 Å². The Balaban J connectivity index is 2.12. The van der Waals surface area contributed by atoms with Crippen molar-refractivity contribution in [1.82, 2.24) is 4.98 Å². The van der Waals surface area contributed by atoms with Crippen molar-refractivity contribution in [2.75, 3.05) is 7.11 Å². The van der Waals surface area contributed by atoms with Crippen LogP contribution < -0.4 is 4.74 Å². The first-order valence-corrected chi connectivity index (χ1v) is 5.88. The third kappa shape index (κ3) is 3.34. The van der Waals surface area contributed by atoms with Crippen molar-refractivity contribution >= 4 is 5.97 Å². The van der Waals surface area contributed by atoms with Crippen LogP contribution in [0.5, 0.6) is 5.75 Å². The maximum atomic E-state index is 10.7. The van der Waals surface area contributed by atoms with Crippen LogP contribution in [0.1, 0.15) is 22.9 Å². The first kappa shape index (κ1) is 13.1. The Bertz CT molecular complexity index is 572. The van der Waals surface area contributed by atoms with Gasteiger partial charge in [-0.3, -0.25) is 4.79 Å². The van der Waals surface area contributed by atoms with E-state index in [-0.39, 0.29) is 6.42 Å². The van der Waals surface area contributed by atoms with E-state index in [0.717, 1.165) is 11.3 Å². The molecule has 2 rings (SSSR count). The van der Waals surface area contributed by atoms with Crippen molar-refractivity contribution in [3.8, 4) is 5.75 Å². The molecule has 1 aromatic carbocycles. The zero-order valence-electron chi connectivity index (χ0n) is 10.8. The molecule has 100 valence electrons. The van der Waals surface area contributed by atoms with Gasteiger partial charge in [-0.25, -0.2) is 4.98 Å². The Morgan fingerprint density at radius 1 is 1.37 bits per heavy atom. The summed E-state index contributed by atoms with van der Waals surface area (Å²) in [5.74, 6) is 0.809. The summed E-state index contributed by atoms with van der Waals surface area (Å²) < 4.78 is 10.5. The van der Waals surface area contributed by atoms with Crippen LogP contribution in [0.4, 0.5) is 0 Å². The maximum Gasteiger partial charge on any atom is 0.311 e. The molecule has 0 saturated heterocycles. The van der Waals surface area contributed by atoms with Gasteiger partial charge >= 0.3 is 5.97 Å². The van der Waals surface area contributed by atoms with Crippen molar-refractivity contribution in [3.05, 3.63) is 47.2 Å². The number of hydrogen-bond acceptors (Lipinski definition) is 4. The lowest BCUT2D eigenvalue weighted by molar-refractivity contribution is -0.136. The number of ether oxygens (including phenoxy) is 1. The van der Waals surface area contributed by atoms with E-state index in [1.807, 2.05) is 24.3 Å². The van der Waals surface area contributed by atoms with Gasteiger partial charge in [0.1, 0.15) is 17.9 Å². The van der Waals surface area contributed by atoms with Crippen molar-refractivity contribution in [2.45, 2.75) is 19.8 Å². The van der Waals surface area contributed by atoms with Crippen LogP contribution in [-0.4, -0.2) is 23.2 Å². The van der Waals surface area contributed by atoms with Crippen LogP contribution in [0.25, 0.3) is 0 Å². The minimum Gasteiger partial charge on any atom is -0.497 e. The average Bonchev–Trinajstić information content (AvgIpc) is 2.70. The number of carboxylic acids is 1. The number of aryl methyl sites for hydroxylation is 1. The van der Waals surface area contributed by atoms with Crippen molar-refractivity contribution in [3.63, 3.8) is 0 Å². The topological polar surface area (TPSA) is 72.6 Å². The highest BCUT2D eigenvalue weighted by Crippen LogP contribution is 2.17. The summed E-state index contributed by atoms with van der Waals surface area (Å²) >= 11 is 0. The first-order valence-electron chi connectivity index (χ1n) is 5.88. The molecule has 0 fully saturated rings. The smallest absolute Gasteiger partial charge is 0.311 e. The van der Waals surface area contributed by atoms with E-state index in [4.69, 9.17) is 14.3 Å². The van der Waals surface area contributed by atoms with Gasteiger partial charge < -0.3 is 14.3 Å². The van der Waals surface area contributed by atoms with Gasteiger partial charge in [-0.1, -0.05) is 12.1 Å². The summed E-state index contributed by atoms with van der Waals surface area (Å²) in [6, 6.07) is 7.58. The van der Waals surface area contributed by atoms with Crippen LogP contribution in [0, 0.1) is 6.92 Å². The molecule has 0 radical (unpaired) electrons. The Kier molecular flexibility index (Phi) is 3.85. The predicted molar refractivity (Wildman–Crippen MR) is 68.4 cm³/mol. The molecule has 5 nitrogen and oxygen atoms in total. The minimum atomic E-state index is -0.921. The number of methoxy groups -OCH3 is 1. The number of nitrogens with zero attached hydrogens (tertiary/aromatic N) is 1. The molecule has 5 heteroatoms. The lowest BCUT2D eigenvalue weighted by Gasteiger charge is -2.01. The highest BCUT2D eigenvalue weighted by atomic mass is 16.5. The molecule has 0 bridgehead atoms. The molecule has 0 atom stereocenters. The number of rotatable bonds is 5. The molecule has 0 aliphatic rings. The quantitative estimate of drug-likeness (QED) is 0.893. The third-order valence-electron chi connectivity index (χ3n) is 2.76. The maximum absolute atomic E-state index is 10.7. The summed E-state index contributed by atoms with van der Waals surface area (Å²) in [6.45, 7) is 1.75. The second kappa shape index (κ2) is 5.56. The van der Waals surface area contributed by atoms with Gasteiger partial charge in [0, 0.05) is 6.42 Å².